The van der Waals surface area contributed by atoms with Gasteiger partial charge in [0.25, 0.3) is 10.0 Å². The van der Waals surface area contributed by atoms with Crippen molar-refractivity contribution in [2.75, 3.05) is 18.0 Å². The van der Waals surface area contributed by atoms with E-state index in [-0.39, 0.29) is 29.1 Å². The van der Waals surface area contributed by atoms with Crippen LogP contribution in [0, 0.1) is 6.92 Å². The fourth-order valence-electron chi connectivity index (χ4n) is 3.97. The highest BCUT2D eigenvalue weighted by atomic mass is 35.5. The third-order valence-corrected chi connectivity index (χ3v) is 8.87. The van der Waals surface area contributed by atoms with Gasteiger partial charge in [-0.3, -0.25) is 13.9 Å². The van der Waals surface area contributed by atoms with Crippen LogP contribution >= 0.6 is 11.6 Å². The smallest absolute Gasteiger partial charge is 0.264 e. The third kappa shape index (κ3) is 7.55. The Morgan fingerprint density at radius 1 is 0.975 bits per heavy atom. The number of amides is 2. The Kier molecular flexibility index (Phi) is 10.6. The molecule has 0 fully saturated rings. The molecule has 2 unspecified atom stereocenters. The number of rotatable bonds is 12. The van der Waals surface area contributed by atoms with Crippen molar-refractivity contribution in [2.24, 2.45) is 0 Å². The molecule has 0 spiro atoms. The highest BCUT2D eigenvalue weighted by molar-refractivity contribution is 7.92. The van der Waals surface area contributed by atoms with E-state index < -0.39 is 28.5 Å². The predicted octanol–water partition coefficient (Wildman–Crippen LogP) is 5.18. The van der Waals surface area contributed by atoms with Crippen molar-refractivity contribution in [2.45, 2.75) is 57.6 Å². The molecule has 10 heteroatoms. The third-order valence-electron chi connectivity index (χ3n) is 6.72. The number of carbonyl (C=O) groups is 2. The number of halogens is 1. The molecule has 0 saturated carbocycles. The standard InChI is InChI=1S/C30H36ClN3O5S/c1-6-22(3)32-30(36)23(4)33(19-24-9-7-8-10-28(24)31)29(35)20-34(25-13-15-26(39-5)16-14-25)40(37,38)27-17-11-21(2)12-18-27/h7-18,22-23H,6,19-20H2,1-5H3,(H,32,36). The van der Waals surface area contributed by atoms with Crippen molar-refractivity contribution < 1.29 is 22.7 Å². The van der Waals surface area contributed by atoms with Crippen LogP contribution in [0.1, 0.15) is 38.3 Å². The summed E-state index contributed by atoms with van der Waals surface area (Å²) in [6.07, 6.45) is 0.719. The van der Waals surface area contributed by atoms with Crippen molar-refractivity contribution in [1.29, 1.82) is 0 Å². The number of methoxy groups -OCH3 is 1. The monoisotopic (exact) mass is 585 g/mol. The number of anilines is 1. The lowest BCUT2D eigenvalue weighted by molar-refractivity contribution is -0.139. The molecule has 0 aliphatic rings. The Morgan fingerprint density at radius 2 is 1.60 bits per heavy atom. The van der Waals surface area contributed by atoms with Gasteiger partial charge in [0.15, 0.2) is 0 Å². The molecule has 40 heavy (non-hydrogen) atoms. The second kappa shape index (κ2) is 13.7. The maximum atomic E-state index is 14.0. The van der Waals surface area contributed by atoms with Crippen molar-refractivity contribution in [3.63, 3.8) is 0 Å². The van der Waals surface area contributed by atoms with Gasteiger partial charge in [0.1, 0.15) is 18.3 Å². The quantitative estimate of drug-likeness (QED) is 0.316. The second-order valence-corrected chi connectivity index (χ2v) is 11.9. The molecule has 0 radical (unpaired) electrons. The summed E-state index contributed by atoms with van der Waals surface area (Å²) in [7, 11) is -2.64. The van der Waals surface area contributed by atoms with Crippen LogP contribution in [0.15, 0.2) is 77.7 Å². The molecule has 2 atom stereocenters. The summed E-state index contributed by atoms with van der Waals surface area (Å²) in [4.78, 5) is 28.5. The van der Waals surface area contributed by atoms with E-state index in [0.717, 1.165) is 16.3 Å². The van der Waals surface area contributed by atoms with Gasteiger partial charge in [0, 0.05) is 17.6 Å². The molecule has 0 heterocycles. The largest absolute Gasteiger partial charge is 0.497 e. The van der Waals surface area contributed by atoms with E-state index in [4.69, 9.17) is 16.3 Å². The Labute approximate surface area is 241 Å². The summed E-state index contributed by atoms with van der Waals surface area (Å²) in [5.74, 6) is -0.358. The van der Waals surface area contributed by atoms with Crippen molar-refractivity contribution in [1.82, 2.24) is 10.2 Å². The number of ether oxygens (including phenoxy) is 1. The van der Waals surface area contributed by atoms with Crippen molar-refractivity contribution >= 4 is 39.1 Å². The maximum absolute atomic E-state index is 14.0. The molecule has 0 aliphatic heterocycles. The lowest BCUT2D eigenvalue weighted by atomic mass is 10.1. The van der Waals surface area contributed by atoms with Gasteiger partial charge in [-0.05, 0) is 75.2 Å². The summed E-state index contributed by atoms with van der Waals surface area (Å²) in [5.41, 5.74) is 1.82. The zero-order chi connectivity index (χ0) is 29.4. The first-order valence-electron chi connectivity index (χ1n) is 13.0. The fraction of sp³-hybridized carbons (Fsp3) is 0.333. The zero-order valence-corrected chi connectivity index (χ0v) is 25.0. The minimum Gasteiger partial charge on any atom is -0.497 e. The Morgan fingerprint density at radius 3 is 2.17 bits per heavy atom. The number of nitrogens with zero attached hydrogens (tertiary/aromatic N) is 2. The van der Waals surface area contributed by atoms with Gasteiger partial charge < -0.3 is 15.0 Å². The topological polar surface area (TPSA) is 96.0 Å². The van der Waals surface area contributed by atoms with E-state index in [9.17, 15) is 18.0 Å². The van der Waals surface area contributed by atoms with Crippen LogP contribution in [0.2, 0.25) is 5.02 Å². The van der Waals surface area contributed by atoms with Gasteiger partial charge in [0.2, 0.25) is 11.8 Å². The van der Waals surface area contributed by atoms with Crippen LogP contribution in [-0.2, 0) is 26.2 Å². The summed E-state index contributed by atoms with van der Waals surface area (Å²) >= 11 is 6.40. The Balaban J connectivity index is 2.04. The van der Waals surface area contributed by atoms with Crippen LogP contribution in [0.3, 0.4) is 0 Å². The highest BCUT2D eigenvalue weighted by Gasteiger charge is 2.33. The second-order valence-electron chi connectivity index (χ2n) is 9.63. The number of nitrogens with one attached hydrogen (secondary N) is 1. The molecule has 0 saturated heterocycles. The minimum absolute atomic E-state index is 0.0225. The van der Waals surface area contributed by atoms with Gasteiger partial charge in [0.05, 0.1) is 17.7 Å². The van der Waals surface area contributed by atoms with Gasteiger partial charge >= 0.3 is 0 Å². The van der Waals surface area contributed by atoms with Crippen LogP contribution in [0.5, 0.6) is 5.75 Å². The maximum Gasteiger partial charge on any atom is 0.264 e. The average molecular weight is 586 g/mol. The summed E-state index contributed by atoms with van der Waals surface area (Å²) < 4.78 is 34.0. The molecule has 0 aliphatic carbocycles. The van der Waals surface area contributed by atoms with Crippen molar-refractivity contribution in [3.8, 4) is 5.75 Å². The van der Waals surface area contributed by atoms with E-state index in [1.807, 2.05) is 20.8 Å². The molecule has 0 bridgehead atoms. The normalized spacial score (nSPS) is 12.8. The molecule has 2 amide bonds. The molecule has 214 valence electrons. The number of carbonyl (C=O) groups excluding carboxylic acids is 2. The SMILES string of the molecule is CCC(C)NC(=O)C(C)N(Cc1ccccc1Cl)C(=O)CN(c1ccc(OC)cc1)S(=O)(=O)c1ccc(C)cc1. The summed E-state index contributed by atoms with van der Waals surface area (Å²) in [5, 5.41) is 3.35. The molecular weight excluding hydrogens is 550 g/mol. The van der Waals surface area contributed by atoms with Gasteiger partial charge in [-0.25, -0.2) is 8.42 Å². The highest BCUT2D eigenvalue weighted by Crippen LogP contribution is 2.27. The van der Waals surface area contributed by atoms with E-state index in [2.05, 4.69) is 5.32 Å². The predicted molar refractivity (Wildman–Crippen MR) is 158 cm³/mol. The van der Waals surface area contributed by atoms with Gasteiger partial charge in [-0.2, -0.15) is 0 Å². The number of hydrogen-bond donors (Lipinski definition) is 1. The van der Waals surface area contributed by atoms with E-state index in [1.165, 1.54) is 24.1 Å². The number of benzene rings is 3. The Bertz CT molecular complexity index is 1410. The number of hydrogen-bond acceptors (Lipinski definition) is 5. The minimum atomic E-state index is -4.15. The Hall–Kier alpha value is -3.56. The molecule has 1 N–H and O–H groups in total. The molecule has 8 nitrogen and oxygen atoms in total. The lowest BCUT2D eigenvalue weighted by Gasteiger charge is -2.32. The first kappa shape index (κ1) is 31.0. The first-order chi connectivity index (χ1) is 19.0. The van der Waals surface area contributed by atoms with Crippen LogP contribution in [-0.4, -0.2) is 50.9 Å². The average Bonchev–Trinajstić information content (AvgIpc) is 2.95. The van der Waals surface area contributed by atoms with E-state index >= 15 is 0 Å². The molecule has 0 aromatic heterocycles. The van der Waals surface area contributed by atoms with Crippen LogP contribution < -0.4 is 14.4 Å². The van der Waals surface area contributed by atoms with Gasteiger partial charge in [-0.1, -0.05) is 54.4 Å². The van der Waals surface area contributed by atoms with Crippen LogP contribution in [0.4, 0.5) is 5.69 Å². The van der Waals surface area contributed by atoms with Crippen molar-refractivity contribution in [3.05, 3.63) is 88.9 Å². The zero-order valence-electron chi connectivity index (χ0n) is 23.4. The van der Waals surface area contributed by atoms with E-state index in [0.29, 0.717) is 16.3 Å². The van der Waals surface area contributed by atoms with Crippen LogP contribution in [0.25, 0.3) is 0 Å². The van der Waals surface area contributed by atoms with Gasteiger partial charge in [-0.15, -0.1) is 0 Å². The molecule has 3 aromatic carbocycles. The summed E-state index contributed by atoms with van der Waals surface area (Å²) in [6, 6.07) is 18.9. The lowest BCUT2D eigenvalue weighted by Crippen LogP contribution is -2.52. The molecule has 3 rings (SSSR count). The number of sulfonamides is 1. The molecule has 3 aromatic rings. The molecular formula is C30H36ClN3O5S. The first-order valence-corrected chi connectivity index (χ1v) is 14.9. The fourth-order valence-corrected chi connectivity index (χ4v) is 5.58. The number of aryl methyl sites for hydroxylation is 1. The van der Waals surface area contributed by atoms with E-state index in [1.54, 1.807) is 67.6 Å². The summed E-state index contributed by atoms with van der Waals surface area (Å²) in [6.45, 7) is 6.80.